The lowest BCUT2D eigenvalue weighted by atomic mass is 9.94. The molecule has 0 saturated carbocycles. The number of methoxy groups -OCH3 is 2. The average molecular weight is 292 g/mol. The summed E-state index contributed by atoms with van der Waals surface area (Å²) in [6.07, 6.45) is 1.15. The minimum atomic E-state index is 0.427. The summed E-state index contributed by atoms with van der Waals surface area (Å²) >= 11 is 0. The highest BCUT2D eigenvalue weighted by Crippen LogP contribution is 2.33. The van der Waals surface area contributed by atoms with Crippen LogP contribution in [-0.2, 0) is 0 Å². The lowest BCUT2D eigenvalue weighted by Crippen LogP contribution is -2.45. The molecule has 1 aliphatic rings. The SMILES string of the molecule is COc1cc(OC)cc([C@H](CC(C)C)N2CCNCC2)c1. The molecule has 4 nitrogen and oxygen atoms in total. The quantitative estimate of drug-likeness (QED) is 0.874. The number of benzene rings is 1. The topological polar surface area (TPSA) is 33.7 Å². The third-order valence-electron chi connectivity index (χ3n) is 4.05. The summed E-state index contributed by atoms with van der Waals surface area (Å²) in [5.74, 6) is 2.39. The van der Waals surface area contributed by atoms with E-state index in [0.717, 1.165) is 44.1 Å². The molecule has 0 spiro atoms. The molecular formula is C17H28N2O2. The third kappa shape index (κ3) is 4.35. The first-order valence-electron chi connectivity index (χ1n) is 7.81. The Kier molecular flexibility index (Phi) is 5.88. The van der Waals surface area contributed by atoms with Crippen molar-refractivity contribution in [1.82, 2.24) is 10.2 Å². The van der Waals surface area contributed by atoms with Crippen molar-refractivity contribution in [2.24, 2.45) is 5.92 Å². The highest BCUT2D eigenvalue weighted by atomic mass is 16.5. The van der Waals surface area contributed by atoms with Gasteiger partial charge in [-0.1, -0.05) is 13.8 Å². The van der Waals surface area contributed by atoms with Gasteiger partial charge in [0, 0.05) is 38.3 Å². The highest BCUT2D eigenvalue weighted by molar-refractivity contribution is 5.40. The zero-order valence-electron chi connectivity index (χ0n) is 13.7. The second-order valence-electron chi connectivity index (χ2n) is 6.08. The standard InChI is InChI=1S/C17H28N2O2/c1-13(2)9-17(19-7-5-18-6-8-19)14-10-15(20-3)12-16(11-14)21-4/h10-13,17-18H,5-9H2,1-4H3/t17-/m0/s1. The van der Waals surface area contributed by atoms with Crippen LogP contribution in [0.2, 0.25) is 0 Å². The summed E-state index contributed by atoms with van der Waals surface area (Å²) < 4.78 is 10.9. The largest absolute Gasteiger partial charge is 0.497 e. The van der Waals surface area contributed by atoms with Crippen LogP contribution in [0.25, 0.3) is 0 Å². The van der Waals surface area contributed by atoms with Gasteiger partial charge in [-0.15, -0.1) is 0 Å². The van der Waals surface area contributed by atoms with Crippen LogP contribution in [0.5, 0.6) is 11.5 Å². The summed E-state index contributed by atoms with van der Waals surface area (Å²) in [6, 6.07) is 6.67. The highest BCUT2D eigenvalue weighted by Gasteiger charge is 2.24. The van der Waals surface area contributed by atoms with Crippen molar-refractivity contribution >= 4 is 0 Å². The van der Waals surface area contributed by atoms with Gasteiger partial charge in [-0.2, -0.15) is 0 Å². The molecular weight excluding hydrogens is 264 g/mol. The van der Waals surface area contributed by atoms with Gasteiger partial charge in [-0.3, -0.25) is 4.90 Å². The average Bonchev–Trinajstić information content (AvgIpc) is 2.52. The molecule has 0 bridgehead atoms. The molecule has 0 radical (unpaired) electrons. The van der Waals surface area contributed by atoms with E-state index in [4.69, 9.17) is 9.47 Å². The van der Waals surface area contributed by atoms with Gasteiger partial charge in [0.15, 0.2) is 0 Å². The van der Waals surface area contributed by atoms with Crippen molar-refractivity contribution in [2.75, 3.05) is 40.4 Å². The Morgan fingerprint density at radius 1 is 1.05 bits per heavy atom. The summed E-state index contributed by atoms with van der Waals surface area (Å²) in [5, 5.41) is 3.43. The predicted molar refractivity (Wildman–Crippen MR) is 86.2 cm³/mol. The Hall–Kier alpha value is -1.26. The van der Waals surface area contributed by atoms with Crippen LogP contribution in [0.4, 0.5) is 0 Å². The van der Waals surface area contributed by atoms with E-state index in [1.165, 1.54) is 5.56 Å². The number of nitrogens with zero attached hydrogens (tertiary/aromatic N) is 1. The molecule has 0 unspecified atom stereocenters. The van der Waals surface area contributed by atoms with Crippen LogP contribution < -0.4 is 14.8 Å². The number of hydrogen-bond acceptors (Lipinski definition) is 4. The van der Waals surface area contributed by atoms with E-state index >= 15 is 0 Å². The Bertz CT molecular complexity index is 420. The molecule has 0 aliphatic carbocycles. The maximum Gasteiger partial charge on any atom is 0.122 e. The van der Waals surface area contributed by atoms with Crippen LogP contribution in [0.3, 0.4) is 0 Å². The van der Waals surface area contributed by atoms with E-state index in [-0.39, 0.29) is 0 Å². The zero-order valence-corrected chi connectivity index (χ0v) is 13.7. The number of rotatable bonds is 6. The van der Waals surface area contributed by atoms with Gasteiger partial charge >= 0.3 is 0 Å². The normalized spacial score (nSPS) is 17.8. The fraction of sp³-hybridized carbons (Fsp3) is 0.647. The molecule has 1 N–H and O–H groups in total. The van der Waals surface area contributed by atoms with Crippen molar-refractivity contribution in [3.8, 4) is 11.5 Å². The van der Waals surface area contributed by atoms with Crippen molar-refractivity contribution in [2.45, 2.75) is 26.3 Å². The van der Waals surface area contributed by atoms with E-state index in [1.807, 2.05) is 6.07 Å². The minimum Gasteiger partial charge on any atom is -0.497 e. The first kappa shape index (κ1) is 16.1. The lowest BCUT2D eigenvalue weighted by Gasteiger charge is -2.36. The van der Waals surface area contributed by atoms with Gasteiger partial charge in [-0.25, -0.2) is 0 Å². The number of nitrogens with one attached hydrogen (secondary N) is 1. The second kappa shape index (κ2) is 7.66. The van der Waals surface area contributed by atoms with Gasteiger partial charge in [-0.05, 0) is 30.0 Å². The van der Waals surface area contributed by atoms with Crippen molar-refractivity contribution < 1.29 is 9.47 Å². The predicted octanol–water partition coefficient (Wildman–Crippen LogP) is 2.70. The van der Waals surface area contributed by atoms with Crippen LogP contribution >= 0.6 is 0 Å². The van der Waals surface area contributed by atoms with Gasteiger partial charge in [0.2, 0.25) is 0 Å². The van der Waals surface area contributed by atoms with Crippen LogP contribution in [0.15, 0.2) is 18.2 Å². The Labute approximate surface area is 128 Å². The molecule has 4 heteroatoms. The molecule has 1 aromatic rings. The molecule has 1 fully saturated rings. The van der Waals surface area contributed by atoms with E-state index in [0.29, 0.717) is 12.0 Å². The molecule has 1 saturated heterocycles. The van der Waals surface area contributed by atoms with Crippen molar-refractivity contribution in [1.29, 1.82) is 0 Å². The summed E-state index contributed by atoms with van der Waals surface area (Å²) in [4.78, 5) is 2.57. The van der Waals surface area contributed by atoms with Gasteiger partial charge in [0.25, 0.3) is 0 Å². The molecule has 0 aromatic heterocycles. The summed E-state index contributed by atoms with van der Waals surface area (Å²) in [7, 11) is 3.42. The molecule has 1 heterocycles. The Balaban J connectivity index is 2.30. The molecule has 1 atom stereocenters. The van der Waals surface area contributed by atoms with Crippen LogP contribution in [-0.4, -0.2) is 45.3 Å². The smallest absolute Gasteiger partial charge is 0.122 e. The molecule has 21 heavy (non-hydrogen) atoms. The second-order valence-corrected chi connectivity index (χ2v) is 6.08. The fourth-order valence-electron chi connectivity index (χ4n) is 2.96. The van der Waals surface area contributed by atoms with Crippen molar-refractivity contribution in [3.63, 3.8) is 0 Å². The first-order valence-corrected chi connectivity index (χ1v) is 7.81. The van der Waals surface area contributed by atoms with E-state index in [2.05, 4.69) is 36.2 Å². The van der Waals surface area contributed by atoms with Gasteiger partial charge in [0.1, 0.15) is 11.5 Å². The van der Waals surface area contributed by atoms with E-state index in [9.17, 15) is 0 Å². The minimum absolute atomic E-state index is 0.427. The van der Waals surface area contributed by atoms with Gasteiger partial charge < -0.3 is 14.8 Å². The maximum absolute atomic E-state index is 5.43. The lowest BCUT2D eigenvalue weighted by molar-refractivity contribution is 0.153. The molecule has 0 amide bonds. The summed E-state index contributed by atoms with van der Waals surface area (Å²) in [5.41, 5.74) is 1.29. The number of piperazine rings is 1. The summed E-state index contributed by atoms with van der Waals surface area (Å²) in [6.45, 7) is 8.89. The molecule has 2 rings (SSSR count). The van der Waals surface area contributed by atoms with Crippen molar-refractivity contribution in [3.05, 3.63) is 23.8 Å². The third-order valence-corrected chi connectivity index (χ3v) is 4.05. The maximum atomic E-state index is 5.43. The van der Waals surface area contributed by atoms with E-state index in [1.54, 1.807) is 14.2 Å². The van der Waals surface area contributed by atoms with Crippen LogP contribution in [0.1, 0.15) is 31.9 Å². The monoisotopic (exact) mass is 292 g/mol. The fourth-order valence-corrected chi connectivity index (χ4v) is 2.96. The zero-order chi connectivity index (χ0) is 15.2. The van der Waals surface area contributed by atoms with E-state index < -0.39 is 0 Å². The Morgan fingerprint density at radius 2 is 1.62 bits per heavy atom. The van der Waals surface area contributed by atoms with Crippen LogP contribution in [0, 0.1) is 5.92 Å². The molecule has 1 aromatic carbocycles. The van der Waals surface area contributed by atoms with Gasteiger partial charge in [0.05, 0.1) is 14.2 Å². The Morgan fingerprint density at radius 3 is 2.10 bits per heavy atom. The molecule has 1 aliphatic heterocycles. The first-order chi connectivity index (χ1) is 10.1. The molecule has 118 valence electrons. The number of ether oxygens (including phenoxy) is 2. The number of hydrogen-bond donors (Lipinski definition) is 1.